The van der Waals surface area contributed by atoms with Gasteiger partial charge in [-0.1, -0.05) is 75.2 Å². The first kappa shape index (κ1) is 68.4. The van der Waals surface area contributed by atoms with E-state index in [1.807, 2.05) is 13.8 Å². The maximum atomic E-state index is 14.0. The molecule has 22 heteroatoms. The van der Waals surface area contributed by atoms with Crippen molar-refractivity contribution in [2.75, 3.05) is 27.3 Å². The molecule has 19 nitrogen and oxygen atoms in total. The van der Waals surface area contributed by atoms with Crippen LogP contribution in [0.1, 0.15) is 161 Å². The number of ether oxygens (including phenoxy) is 4. The highest BCUT2D eigenvalue weighted by Crippen LogP contribution is 2.25. The van der Waals surface area contributed by atoms with Crippen LogP contribution >= 0.6 is 12.4 Å². The molecule has 0 bridgehead atoms. The van der Waals surface area contributed by atoms with Gasteiger partial charge in [0.25, 0.3) is 5.91 Å². The number of benzene rings is 4. The quantitative estimate of drug-likeness (QED) is 0.0303. The highest BCUT2D eigenvalue weighted by atomic mass is 35.5. The number of carboxylic acids is 1. The molecule has 2 unspecified atom stereocenters. The van der Waals surface area contributed by atoms with Gasteiger partial charge in [0.15, 0.2) is 0 Å². The Morgan fingerprint density at radius 1 is 0.564 bits per heavy atom. The number of alkyl carbamates (subject to hydrolysis) is 2. The maximum absolute atomic E-state index is 14.0. The smallest absolute Gasteiger partial charge is 0.408 e. The van der Waals surface area contributed by atoms with Crippen molar-refractivity contribution in [3.63, 3.8) is 0 Å². The predicted molar refractivity (Wildman–Crippen MR) is 290 cm³/mol. The van der Waals surface area contributed by atoms with Crippen LogP contribution in [0.25, 0.3) is 0 Å². The van der Waals surface area contributed by atoms with Gasteiger partial charge in [0.1, 0.15) is 34.9 Å². The van der Waals surface area contributed by atoms with Crippen molar-refractivity contribution in [2.45, 2.75) is 129 Å². The third-order valence-corrected chi connectivity index (χ3v) is 10.6. The zero-order chi connectivity index (χ0) is 57.9. The van der Waals surface area contributed by atoms with Crippen LogP contribution in [0, 0.1) is 11.6 Å². The van der Waals surface area contributed by atoms with Crippen molar-refractivity contribution in [1.82, 2.24) is 26.6 Å². The monoisotopic (exact) mass is 1110 g/mol. The normalized spacial score (nSPS) is 12.2. The Labute approximate surface area is 460 Å². The van der Waals surface area contributed by atoms with Gasteiger partial charge in [0.2, 0.25) is 11.8 Å². The van der Waals surface area contributed by atoms with Crippen LogP contribution in [0.4, 0.5) is 18.4 Å². The van der Waals surface area contributed by atoms with Gasteiger partial charge < -0.3 is 56.4 Å². The SMILES string of the molecule is CCC[C@@H](NC(=O)C(NC(=O)OC(C)(C)C)c1cccc(F)c1)c1ccc(C(=O)NCCC(=O)OC)cc1.CCC[C@@H](NC(=O)C(NC(=O)OC(C)(C)C)c1cccc(F)c1)c1ccc(C(=O)O)cc1.COC(=O)CCN.Cl. The van der Waals surface area contributed by atoms with Crippen LogP contribution < -0.4 is 32.3 Å². The summed E-state index contributed by atoms with van der Waals surface area (Å²) < 4.78 is 47.2. The van der Waals surface area contributed by atoms with E-state index in [0.29, 0.717) is 31.4 Å². The summed E-state index contributed by atoms with van der Waals surface area (Å²) in [5.74, 6) is -4.21. The summed E-state index contributed by atoms with van der Waals surface area (Å²) in [6.07, 6.45) is 1.42. The molecule has 0 aliphatic rings. The number of methoxy groups -OCH3 is 2. The fraction of sp³-hybridized carbons (Fsp3) is 0.429. The molecule has 0 radical (unpaired) electrons. The number of aromatic carboxylic acids is 1. The first-order valence-corrected chi connectivity index (χ1v) is 24.9. The lowest BCUT2D eigenvalue weighted by Crippen LogP contribution is -2.43. The average molecular weight is 1110 g/mol. The second kappa shape index (κ2) is 34.2. The third kappa shape index (κ3) is 25.9. The largest absolute Gasteiger partial charge is 0.478 e. The predicted octanol–water partition coefficient (Wildman–Crippen LogP) is 9.02. The standard InChI is InChI=1S/C28H36FN3O6.C24H29FN2O5.C4H9NO2.ClH/c1-6-8-22(18-11-13-19(14-12-18)25(34)30-16-15-23(33)37-5)31-26(35)24(20-9-7-10-21(29)17-20)32-27(36)38-28(2,3)4;1-5-7-19(15-10-12-16(13-11-15)22(29)30)26-21(28)20(17-8-6-9-18(25)14-17)27-23(31)32-24(2,3)4;1-7-4(6)2-3-5;/h7,9-14,17,22,24H,6,8,15-16H2,1-5H3,(H,30,34)(H,31,35)(H,32,36);6,8-14,19-20H,5,7H2,1-4H3,(H,26,28)(H,27,31)(H,29,30);2-3,5H2,1H3;1H/t22-,24?;19-,20?;;/m11../s1. The van der Waals surface area contributed by atoms with Crippen molar-refractivity contribution in [3.05, 3.63) is 142 Å². The number of carboxylic acid groups (broad SMARTS) is 1. The van der Waals surface area contributed by atoms with Gasteiger partial charge in [-0.25, -0.2) is 23.2 Å². The first-order chi connectivity index (χ1) is 36.2. The molecule has 78 heavy (non-hydrogen) atoms. The number of esters is 2. The zero-order valence-electron chi connectivity index (χ0n) is 45.8. The van der Waals surface area contributed by atoms with Crippen molar-refractivity contribution in [3.8, 4) is 0 Å². The van der Waals surface area contributed by atoms with Crippen molar-refractivity contribution < 1.29 is 71.2 Å². The van der Waals surface area contributed by atoms with Crippen molar-refractivity contribution in [2.24, 2.45) is 5.73 Å². The first-order valence-electron chi connectivity index (χ1n) is 24.9. The lowest BCUT2D eigenvalue weighted by Gasteiger charge is -2.26. The fourth-order valence-electron chi connectivity index (χ4n) is 6.98. The number of amides is 5. The Kier molecular flexibility index (Phi) is 30.0. The average Bonchev–Trinajstić information content (AvgIpc) is 3.36. The van der Waals surface area contributed by atoms with Crippen LogP contribution in [0.15, 0.2) is 97.1 Å². The van der Waals surface area contributed by atoms with Gasteiger partial charge in [-0.2, -0.15) is 0 Å². The van der Waals surface area contributed by atoms with Gasteiger partial charge in [-0.05, 0) is 125 Å². The van der Waals surface area contributed by atoms with E-state index in [1.54, 1.807) is 90.1 Å². The minimum atomic E-state index is -1.19. The number of nitrogens with two attached hydrogens (primary N) is 1. The van der Waals surface area contributed by atoms with E-state index in [4.69, 9.17) is 20.3 Å². The summed E-state index contributed by atoms with van der Waals surface area (Å²) in [4.78, 5) is 96.2. The van der Waals surface area contributed by atoms with Crippen LogP contribution in [0.5, 0.6) is 0 Å². The summed E-state index contributed by atoms with van der Waals surface area (Å²) in [6, 6.07) is 20.6. The highest BCUT2D eigenvalue weighted by Gasteiger charge is 2.30. The van der Waals surface area contributed by atoms with Crippen LogP contribution in [0.2, 0.25) is 0 Å². The van der Waals surface area contributed by atoms with Gasteiger partial charge in [-0.3, -0.25) is 24.0 Å². The molecule has 4 rings (SSSR count). The number of carbonyl (C=O) groups excluding carboxylic acids is 7. The van der Waals surface area contributed by atoms with Gasteiger partial charge in [0, 0.05) is 18.7 Å². The molecular weight excluding hydrogens is 1040 g/mol. The molecule has 4 aromatic carbocycles. The molecular formula is C56H75ClF2N6O13. The Hall–Kier alpha value is -7.65. The van der Waals surface area contributed by atoms with Crippen LogP contribution in [0.3, 0.4) is 0 Å². The van der Waals surface area contributed by atoms with Gasteiger partial charge >= 0.3 is 30.1 Å². The molecule has 428 valence electrons. The molecule has 0 heterocycles. The summed E-state index contributed by atoms with van der Waals surface area (Å²) in [5, 5.41) is 22.6. The molecule has 0 saturated carbocycles. The Balaban J connectivity index is 0.000000693. The van der Waals surface area contributed by atoms with Gasteiger partial charge in [0.05, 0.1) is 44.7 Å². The topological polar surface area (TPSA) is 280 Å². The number of hydrogen-bond acceptors (Lipinski definition) is 13. The Morgan fingerprint density at radius 2 is 0.949 bits per heavy atom. The highest BCUT2D eigenvalue weighted by molar-refractivity contribution is 5.94. The molecule has 0 aliphatic carbocycles. The van der Waals surface area contributed by atoms with E-state index in [2.05, 4.69) is 36.1 Å². The number of hydrogen-bond donors (Lipinski definition) is 7. The zero-order valence-corrected chi connectivity index (χ0v) is 46.6. The van der Waals surface area contributed by atoms with E-state index >= 15 is 0 Å². The summed E-state index contributed by atoms with van der Waals surface area (Å²) in [5.41, 5.74) is 5.98. The summed E-state index contributed by atoms with van der Waals surface area (Å²) in [6.45, 7) is 14.6. The molecule has 0 spiro atoms. The van der Waals surface area contributed by atoms with E-state index in [0.717, 1.165) is 24.0 Å². The van der Waals surface area contributed by atoms with E-state index in [9.17, 15) is 47.1 Å². The van der Waals surface area contributed by atoms with Crippen LogP contribution in [-0.2, 0) is 38.1 Å². The Morgan fingerprint density at radius 3 is 1.27 bits per heavy atom. The van der Waals surface area contributed by atoms with Crippen LogP contribution in [-0.4, -0.2) is 91.4 Å². The van der Waals surface area contributed by atoms with Gasteiger partial charge in [-0.15, -0.1) is 12.4 Å². The number of carbonyl (C=O) groups is 8. The molecule has 0 fully saturated rings. The molecule has 8 N–H and O–H groups in total. The van der Waals surface area contributed by atoms with E-state index in [-0.39, 0.29) is 53.9 Å². The third-order valence-electron chi connectivity index (χ3n) is 10.6. The Bertz CT molecular complexity index is 2580. The van der Waals surface area contributed by atoms with Crippen molar-refractivity contribution in [1.29, 1.82) is 0 Å². The second-order valence-electron chi connectivity index (χ2n) is 19.2. The minimum Gasteiger partial charge on any atom is -0.478 e. The van der Waals surface area contributed by atoms with Crippen molar-refractivity contribution >= 4 is 60.2 Å². The summed E-state index contributed by atoms with van der Waals surface area (Å²) in [7, 11) is 2.63. The number of rotatable bonds is 21. The summed E-state index contributed by atoms with van der Waals surface area (Å²) >= 11 is 0. The second-order valence-corrected chi connectivity index (χ2v) is 19.2. The molecule has 0 aliphatic heterocycles. The molecule has 0 saturated heterocycles. The van der Waals surface area contributed by atoms with E-state index < -0.39 is 82.9 Å². The molecule has 0 aromatic heterocycles. The number of halogens is 3. The molecule has 4 aromatic rings. The minimum absolute atomic E-state index is 0. The maximum Gasteiger partial charge on any atom is 0.408 e. The lowest BCUT2D eigenvalue weighted by atomic mass is 9.99. The fourth-order valence-corrected chi connectivity index (χ4v) is 6.98. The number of nitrogens with one attached hydrogen (secondary N) is 5. The van der Waals surface area contributed by atoms with E-state index in [1.165, 1.54) is 62.8 Å². The lowest BCUT2D eigenvalue weighted by molar-refractivity contribution is -0.141. The molecule has 4 atom stereocenters. The molecule has 5 amide bonds.